The molecule has 2 rings (SSSR count). The lowest BCUT2D eigenvalue weighted by Crippen LogP contribution is -2.53. The minimum atomic E-state index is 0. The standard InChI is InChI=1S/C18H34N4O.HI/c1-3-19-18(22-13-11-21(12-14-22)16(2)23)20-15-17-9-7-5-4-6-8-10-17;/h17H,3-15H2,1-2H3,(H,19,20);1H. The van der Waals surface area contributed by atoms with Crippen molar-refractivity contribution in [1.82, 2.24) is 15.1 Å². The Hall–Kier alpha value is -0.530. The van der Waals surface area contributed by atoms with Crippen LogP contribution < -0.4 is 5.32 Å². The molecule has 0 aromatic heterocycles. The monoisotopic (exact) mass is 450 g/mol. The van der Waals surface area contributed by atoms with Crippen LogP contribution in [0.4, 0.5) is 0 Å². The molecular formula is C18H35IN4O. The van der Waals surface area contributed by atoms with Gasteiger partial charge in [-0.3, -0.25) is 9.79 Å². The minimum absolute atomic E-state index is 0. The molecule has 1 aliphatic carbocycles. The third-order valence-electron chi connectivity index (χ3n) is 5.08. The Morgan fingerprint density at radius 1 is 1.00 bits per heavy atom. The number of aliphatic imine (C=N–C) groups is 1. The average Bonchev–Trinajstić information content (AvgIpc) is 2.52. The second-order valence-electron chi connectivity index (χ2n) is 6.90. The number of hydrogen-bond acceptors (Lipinski definition) is 2. The van der Waals surface area contributed by atoms with E-state index in [1.54, 1.807) is 6.92 Å². The number of guanidine groups is 1. The van der Waals surface area contributed by atoms with Gasteiger partial charge in [-0.15, -0.1) is 24.0 Å². The summed E-state index contributed by atoms with van der Waals surface area (Å²) >= 11 is 0. The van der Waals surface area contributed by atoms with Crippen molar-refractivity contribution in [2.75, 3.05) is 39.3 Å². The van der Waals surface area contributed by atoms with Crippen molar-refractivity contribution in [1.29, 1.82) is 0 Å². The van der Waals surface area contributed by atoms with Crippen molar-refractivity contribution in [3.8, 4) is 0 Å². The van der Waals surface area contributed by atoms with Gasteiger partial charge >= 0.3 is 0 Å². The predicted octanol–water partition coefficient (Wildman–Crippen LogP) is 3.09. The van der Waals surface area contributed by atoms with Crippen LogP contribution in [-0.4, -0.2) is 60.9 Å². The number of carbonyl (C=O) groups excluding carboxylic acids is 1. The molecule has 0 aromatic carbocycles. The molecule has 0 aromatic rings. The summed E-state index contributed by atoms with van der Waals surface area (Å²) in [7, 11) is 0. The van der Waals surface area contributed by atoms with Crippen LogP contribution in [0.3, 0.4) is 0 Å². The van der Waals surface area contributed by atoms with E-state index in [9.17, 15) is 4.79 Å². The van der Waals surface area contributed by atoms with E-state index in [0.717, 1.165) is 51.1 Å². The molecule has 1 N–H and O–H groups in total. The molecule has 1 amide bonds. The van der Waals surface area contributed by atoms with Gasteiger partial charge in [-0.05, 0) is 25.7 Å². The molecule has 0 unspecified atom stereocenters. The van der Waals surface area contributed by atoms with E-state index < -0.39 is 0 Å². The van der Waals surface area contributed by atoms with Gasteiger partial charge in [0.05, 0.1) is 0 Å². The SMILES string of the molecule is CCNC(=NCC1CCCCCCC1)N1CCN(C(C)=O)CC1.I. The van der Waals surface area contributed by atoms with E-state index in [1.165, 1.54) is 44.9 Å². The molecule has 0 spiro atoms. The highest BCUT2D eigenvalue weighted by atomic mass is 127. The van der Waals surface area contributed by atoms with Crippen LogP contribution in [0.2, 0.25) is 0 Å². The first-order chi connectivity index (χ1) is 11.2. The van der Waals surface area contributed by atoms with Crippen LogP contribution in [0.5, 0.6) is 0 Å². The van der Waals surface area contributed by atoms with E-state index >= 15 is 0 Å². The fraction of sp³-hybridized carbons (Fsp3) is 0.889. The summed E-state index contributed by atoms with van der Waals surface area (Å²) in [5.74, 6) is 1.97. The van der Waals surface area contributed by atoms with Crippen molar-refractivity contribution in [2.45, 2.75) is 58.8 Å². The molecule has 2 fully saturated rings. The first kappa shape index (κ1) is 21.5. The summed E-state index contributed by atoms with van der Waals surface area (Å²) < 4.78 is 0. The van der Waals surface area contributed by atoms with Crippen LogP contribution >= 0.6 is 24.0 Å². The highest BCUT2D eigenvalue weighted by molar-refractivity contribution is 14.0. The summed E-state index contributed by atoms with van der Waals surface area (Å²) in [5, 5.41) is 3.44. The third-order valence-corrected chi connectivity index (χ3v) is 5.08. The number of piperazine rings is 1. The number of nitrogens with zero attached hydrogens (tertiary/aromatic N) is 3. The Morgan fingerprint density at radius 3 is 2.08 bits per heavy atom. The lowest BCUT2D eigenvalue weighted by molar-refractivity contribution is -0.130. The van der Waals surface area contributed by atoms with Gasteiger partial charge in [-0.1, -0.05) is 32.1 Å². The molecule has 5 nitrogen and oxygen atoms in total. The molecule has 2 aliphatic rings. The Bertz CT molecular complexity index is 386. The highest BCUT2D eigenvalue weighted by Crippen LogP contribution is 2.22. The fourth-order valence-corrected chi connectivity index (χ4v) is 3.60. The molecule has 1 saturated heterocycles. The Labute approximate surface area is 164 Å². The van der Waals surface area contributed by atoms with Crippen molar-refractivity contribution in [3.63, 3.8) is 0 Å². The maximum absolute atomic E-state index is 11.5. The van der Waals surface area contributed by atoms with Crippen molar-refractivity contribution >= 4 is 35.8 Å². The normalized spacial score (nSPS) is 20.8. The summed E-state index contributed by atoms with van der Waals surface area (Å²) in [5.41, 5.74) is 0. The van der Waals surface area contributed by atoms with Crippen LogP contribution in [0.15, 0.2) is 4.99 Å². The summed E-state index contributed by atoms with van der Waals surface area (Å²) in [6.45, 7) is 9.02. The third kappa shape index (κ3) is 7.15. The van der Waals surface area contributed by atoms with Gasteiger partial charge in [0.15, 0.2) is 5.96 Å². The zero-order valence-corrected chi connectivity index (χ0v) is 17.8. The van der Waals surface area contributed by atoms with E-state index in [0.29, 0.717) is 0 Å². The van der Waals surface area contributed by atoms with Gasteiger partial charge < -0.3 is 15.1 Å². The van der Waals surface area contributed by atoms with E-state index in [4.69, 9.17) is 4.99 Å². The van der Waals surface area contributed by atoms with Crippen LogP contribution in [0, 0.1) is 5.92 Å². The van der Waals surface area contributed by atoms with E-state index in [-0.39, 0.29) is 29.9 Å². The Morgan fingerprint density at radius 2 is 1.54 bits per heavy atom. The lowest BCUT2D eigenvalue weighted by Gasteiger charge is -2.36. The second kappa shape index (κ2) is 11.9. The summed E-state index contributed by atoms with van der Waals surface area (Å²) in [6, 6.07) is 0. The average molecular weight is 450 g/mol. The maximum atomic E-state index is 11.5. The van der Waals surface area contributed by atoms with Gasteiger partial charge in [0.2, 0.25) is 5.91 Å². The molecule has 0 radical (unpaired) electrons. The topological polar surface area (TPSA) is 47.9 Å². The summed E-state index contributed by atoms with van der Waals surface area (Å²) in [6.07, 6.45) is 9.61. The number of rotatable bonds is 3. The molecule has 0 atom stereocenters. The largest absolute Gasteiger partial charge is 0.357 e. The van der Waals surface area contributed by atoms with Gasteiger partial charge in [-0.2, -0.15) is 0 Å². The van der Waals surface area contributed by atoms with E-state index in [1.807, 2.05) is 4.90 Å². The molecule has 1 aliphatic heterocycles. The van der Waals surface area contributed by atoms with Gasteiger partial charge in [0.1, 0.15) is 0 Å². The maximum Gasteiger partial charge on any atom is 0.219 e. The summed E-state index contributed by atoms with van der Waals surface area (Å²) in [4.78, 5) is 20.6. The lowest BCUT2D eigenvalue weighted by atomic mass is 9.91. The first-order valence-electron chi connectivity index (χ1n) is 9.49. The molecule has 1 heterocycles. The van der Waals surface area contributed by atoms with Crippen molar-refractivity contribution in [2.24, 2.45) is 10.9 Å². The predicted molar refractivity (Wildman–Crippen MR) is 111 cm³/mol. The van der Waals surface area contributed by atoms with Crippen molar-refractivity contribution < 1.29 is 4.79 Å². The van der Waals surface area contributed by atoms with Crippen molar-refractivity contribution in [3.05, 3.63) is 0 Å². The number of hydrogen-bond donors (Lipinski definition) is 1. The zero-order chi connectivity index (χ0) is 16.5. The Kier molecular flexibility index (Phi) is 10.7. The molecule has 24 heavy (non-hydrogen) atoms. The van der Waals surface area contributed by atoms with Crippen LogP contribution in [0.25, 0.3) is 0 Å². The smallest absolute Gasteiger partial charge is 0.219 e. The van der Waals surface area contributed by atoms with Gasteiger partial charge in [0.25, 0.3) is 0 Å². The number of halogens is 1. The number of nitrogens with one attached hydrogen (secondary N) is 1. The van der Waals surface area contributed by atoms with Crippen LogP contribution in [-0.2, 0) is 4.79 Å². The second-order valence-corrected chi connectivity index (χ2v) is 6.90. The molecule has 1 saturated carbocycles. The molecule has 0 bridgehead atoms. The molecular weight excluding hydrogens is 415 g/mol. The quantitative estimate of drug-likeness (QED) is 0.409. The van der Waals surface area contributed by atoms with Gasteiger partial charge in [0, 0.05) is 46.2 Å². The van der Waals surface area contributed by atoms with E-state index in [2.05, 4.69) is 17.1 Å². The molecule has 6 heteroatoms. The zero-order valence-electron chi connectivity index (χ0n) is 15.4. The Balaban J connectivity index is 0.00000288. The number of carbonyl (C=O) groups is 1. The van der Waals surface area contributed by atoms with Gasteiger partial charge in [-0.25, -0.2) is 0 Å². The number of amides is 1. The fourth-order valence-electron chi connectivity index (χ4n) is 3.60. The van der Waals surface area contributed by atoms with Crippen LogP contribution in [0.1, 0.15) is 58.8 Å². The minimum Gasteiger partial charge on any atom is -0.357 e. The molecule has 140 valence electrons. The first-order valence-corrected chi connectivity index (χ1v) is 9.49. The highest BCUT2D eigenvalue weighted by Gasteiger charge is 2.21.